The lowest BCUT2D eigenvalue weighted by Crippen LogP contribution is -1.95. The van der Waals surface area contributed by atoms with Gasteiger partial charge in [0.05, 0.1) is 0 Å². The molecule has 0 saturated carbocycles. The predicted octanol–water partition coefficient (Wildman–Crippen LogP) is 12.3. The first kappa shape index (κ1) is 25.1. The van der Waals surface area contributed by atoms with Gasteiger partial charge in [-0.3, -0.25) is 0 Å². The number of allylic oxidation sites excluding steroid dienone is 1. The van der Waals surface area contributed by atoms with Gasteiger partial charge >= 0.3 is 0 Å². The first-order valence-electron chi connectivity index (χ1n) is 15.6. The second-order valence-electron chi connectivity index (χ2n) is 12.0. The Morgan fingerprint density at radius 1 is 0.386 bits per heavy atom. The van der Waals surface area contributed by atoms with E-state index in [1.54, 1.807) is 0 Å². The van der Waals surface area contributed by atoms with Crippen LogP contribution in [-0.4, -0.2) is 0 Å². The summed E-state index contributed by atoms with van der Waals surface area (Å²) in [7, 11) is 0. The second-order valence-corrected chi connectivity index (χ2v) is 12.0. The van der Waals surface area contributed by atoms with E-state index in [1.165, 1.54) is 87.6 Å². The molecule has 8 aromatic carbocycles. The van der Waals surface area contributed by atoms with Gasteiger partial charge in [0.1, 0.15) is 0 Å². The van der Waals surface area contributed by atoms with Crippen LogP contribution in [0.4, 0.5) is 0 Å². The van der Waals surface area contributed by atoms with Crippen LogP contribution in [0.3, 0.4) is 0 Å². The third-order valence-corrected chi connectivity index (χ3v) is 9.50. The van der Waals surface area contributed by atoms with Crippen molar-refractivity contribution in [3.05, 3.63) is 163 Å². The molecule has 8 aromatic rings. The average Bonchev–Trinajstić information content (AvgIpc) is 3.10. The maximum atomic E-state index is 2.39. The fraction of sp³-hybridized carbons (Fsp3) is 0.0455. The van der Waals surface area contributed by atoms with Crippen molar-refractivity contribution in [3.63, 3.8) is 0 Å². The highest BCUT2D eigenvalue weighted by atomic mass is 14.2. The molecule has 0 nitrogen and oxygen atoms in total. The second kappa shape index (κ2) is 10.1. The molecule has 0 radical (unpaired) electrons. The zero-order valence-electron chi connectivity index (χ0n) is 24.4. The monoisotopic (exact) mass is 558 g/mol. The van der Waals surface area contributed by atoms with Crippen LogP contribution in [0.2, 0.25) is 0 Å². The molecule has 0 N–H and O–H groups in total. The van der Waals surface area contributed by atoms with Gasteiger partial charge in [-0.25, -0.2) is 0 Å². The van der Waals surface area contributed by atoms with Crippen molar-refractivity contribution in [3.8, 4) is 33.4 Å². The summed E-state index contributed by atoms with van der Waals surface area (Å²) in [5.74, 6) is 0. The maximum Gasteiger partial charge on any atom is -0.00262 e. The highest BCUT2D eigenvalue weighted by Gasteiger charge is 2.18. The van der Waals surface area contributed by atoms with E-state index in [4.69, 9.17) is 0 Å². The molecular formula is C44H30. The molecule has 0 heteroatoms. The molecular weight excluding hydrogens is 528 g/mol. The van der Waals surface area contributed by atoms with E-state index in [0.717, 1.165) is 12.8 Å². The third kappa shape index (κ3) is 3.92. The minimum atomic E-state index is 1.12. The Hall–Kier alpha value is -5.46. The fourth-order valence-corrected chi connectivity index (χ4v) is 7.44. The predicted molar refractivity (Wildman–Crippen MR) is 190 cm³/mol. The van der Waals surface area contributed by atoms with Gasteiger partial charge < -0.3 is 0 Å². The molecule has 0 saturated heterocycles. The lowest BCUT2D eigenvalue weighted by atomic mass is 9.84. The van der Waals surface area contributed by atoms with E-state index >= 15 is 0 Å². The molecule has 0 atom stereocenters. The van der Waals surface area contributed by atoms with Crippen molar-refractivity contribution in [2.24, 2.45) is 0 Å². The van der Waals surface area contributed by atoms with Crippen LogP contribution in [0.1, 0.15) is 17.5 Å². The van der Waals surface area contributed by atoms with Crippen molar-refractivity contribution < 1.29 is 0 Å². The van der Waals surface area contributed by atoms with Gasteiger partial charge in [-0.15, -0.1) is 0 Å². The van der Waals surface area contributed by atoms with Crippen molar-refractivity contribution in [1.29, 1.82) is 0 Å². The number of benzene rings is 8. The van der Waals surface area contributed by atoms with Crippen LogP contribution < -0.4 is 0 Å². The molecule has 0 fully saturated rings. The topological polar surface area (TPSA) is 0 Å². The number of hydrogen-bond donors (Lipinski definition) is 0. The third-order valence-electron chi connectivity index (χ3n) is 9.50. The van der Waals surface area contributed by atoms with Gasteiger partial charge in [0.25, 0.3) is 0 Å². The van der Waals surface area contributed by atoms with Crippen molar-refractivity contribution in [2.75, 3.05) is 0 Å². The van der Waals surface area contributed by atoms with Gasteiger partial charge in [-0.2, -0.15) is 0 Å². The molecule has 0 spiro atoms. The summed E-state index contributed by atoms with van der Waals surface area (Å²) in [4.78, 5) is 0. The Balaban J connectivity index is 1.25. The Morgan fingerprint density at radius 2 is 0.909 bits per heavy atom. The smallest absolute Gasteiger partial charge is 0.00262 e. The van der Waals surface area contributed by atoms with Crippen molar-refractivity contribution in [2.45, 2.75) is 12.8 Å². The molecule has 0 aliphatic heterocycles. The first-order chi connectivity index (χ1) is 21.8. The van der Waals surface area contributed by atoms with Gasteiger partial charge in [0.2, 0.25) is 0 Å². The normalized spacial score (nSPS) is 12.7. The summed E-state index contributed by atoms with van der Waals surface area (Å²) in [6, 6.07) is 54.0. The van der Waals surface area contributed by atoms with Crippen LogP contribution in [0.15, 0.2) is 152 Å². The lowest BCUT2D eigenvalue weighted by Gasteiger charge is -2.19. The Morgan fingerprint density at radius 3 is 1.59 bits per heavy atom. The molecule has 0 bridgehead atoms. The van der Waals surface area contributed by atoms with Gasteiger partial charge in [0, 0.05) is 0 Å². The van der Waals surface area contributed by atoms with Gasteiger partial charge in [-0.05, 0) is 113 Å². The molecule has 0 aromatic heterocycles. The van der Waals surface area contributed by atoms with Crippen LogP contribution in [0, 0.1) is 0 Å². The molecule has 1 aliphatic carbocycles. The zero-order chi connectivity index (χ0) is 29.0. The standard InChI is InChI=1S/C44H30/c1-2-12-32-27-34(26-21-29(32)11-1)44-40-19-9-7-17-38(40)43(39-18-8-10-20-41(39)44)31-24-22-30(23-25-31)42-28-33-13-3-4-14-35(33)36-15-5-6-16-37(36)42/h2-10,12-28H,1,11H2. The molecule has 206 valence electrons. The van der Waals surface area contributed by atoms with E-state index in [2.05, 4.69) is 158 Å². The maximum absolute atomic E-state index is 2.39. The van der Waals surface area contributed by atoms with Crippen LogP contribution >= 0.6 is 0 Å². The van der Waals surface area contributed by atoms with Gasteiger partial charge in [0.15, 0.2) is 0 Å². The van der Waals surface area contributed by atoms with E-state index < -0.39 is 0 Å². The summed E-state index contributed by atoms with van der Waals surface area (Å²) >= 11 is 0. The van der Waals surface area contributed by atoms with Crippen molar-refractivity contribution >= 4 is 49.2 Å². The van der Waals surface area contributed by atoms with Gasteiger partial charge in [-0.1, -0.05) is 146 Å². The summed E-state index contributed by atoms with van der Waals surface area (Å²) in [6.45, 7) is 0. The minimum absolute atomic E-state index is 1.12. The molecule has 0 heterocycles. The quantitative estimate of drug-likeness (QED) is 0.149. The number of hydrogen-bond acceptors (Lipinski definition) is 0. The summed E-state index contributed by atoms with van der Waals surface area (Å²) in [6.07, 6.45) is 6.84. The Bertz CT molecular complexity index is 2360. The van der Waals surface area contributed by atoms with Crippen molar-refractivity contribution in [1.82, 2.24) is 0 Å². The SMILES string of the molecule is C1=Cc2cc(-c3c4ccccc4c(-c4ccc(-c5cc6ccccc6c6ccccc56)cc4)c4ccccc34)ccc2CC1. The first-order valence-corrected chi connectivity index (χ1v) is 15.6. The highest BCUT2D eigenvalue weighted by molar-refractivity contribution is 6.21. The summed E-state index contributed by atoms with van der Waals surface area (Å²) < 4.78 is 0. The fourth-order valence-electron chi connectivity index (χ4n) is 7.44. The highest BCUT2D eigenvalue weighted by Crippen LogP contribution is 2.45. The van der Waals surface area contributed by atoms with E-state index in [0.29, 0.717) is 0 Å². The molecule has 9 rings (SSSR count). The van der Waals surface area contributed by atoms with E-state index in [9.17, 15) is 0 Å². The minimum Gasteiger partial charge on any atom is -0.0836 e. The number of aryl methyl sites for hydroxylation is 1. The van der Waals surface area contributed by atoms with E-state index in [-0.39, 0.29) is 0 Å². The van der Waals surface area contributed by atoms with Crippen LogP contribution in [-0.2, 0) is 6.42 Å². The molecule has 0 unspecified atom stereocenters. The summed E-state index contributed by atoms with van der Waals surface area (Å²) in [5.41, 5.74) is 10.5. The summed E-state index contributed by atoms with van der Waals surface area (Å²) in [5, 5.41) is 10.3. The largest absolute Gasteiger partial charge is 0.0836 e. The van der Waals surface area contributed by atoms with E-state index in [1.807, 2.05) is 0 Å². The Kier molecular flexibility index (Phi) is 5.74. The number of rotatable bonds is 3. The van der Waals surface area contributed by atoms with Crippen LogP contribution in [0.25, 0.3) is 82.5 Å². The zero-order valence-corrected chi connectivity index (χ0v) is 24.4. The number of fused-ring (bicyclic) bond motifs is 6. The van der Waals surface area contributed by atoms with Crippen LogP contribution in [0.5, 0.6) is 0 Å². The average molecular weight is 559 g/mol. The lowest BCUT2D eigenvalue weighted by molar-refractivity contribution is 0.986. The molecule has 44 heavy (non-hydrogen) atoms. The molecule has 0 amide bonds. The molecule has 1 aliphatic rings. The Labute approximate surface area is 257 Å².